The van der Waals surface area contributed by atoms with Crippen LogP contribution in [-0.2, 0) is 13.0 Å². The summed E-state index contributed by atoms with van der Waals surface area (Å²) in [7, 11) is 2.15. The highest BCUT2D eigenvalue weighted by Gasteiger charge is 2.06. The van der Waals surface area contributed by atoms with Crippen molar-refractivity contribution in [1.82, 2.24) is 4.90 Å². The van der Waals surface area contributed by atoms with Gasteiger partial charge in [-0.25, -0.2) is 0 Å². The van der Waals surface area contributed by atoms with Gasteiger partial charge < -0.3 is 10.0 Å². The Morgan fingerprint density at radius 3 is 2.76 bits per heavy atom. The minimum absolute atomic E-state index is 0.128. The standard InChI is InChI=1S/C18H21NOS/c1-19(12-10-16-7-3-2-4-8-16)15-18-17(11-14-21-18)9-5-6-13-20/h2-4,7-8,11,14,20H,6,10,12-13,15H2,1H3. The predicted octanol–water partition coefficient (Wildman–Crippen LogP) is 3.16. The summed E-state index contributed by atoms with van der Waals surface area (Å²) >= 11 is 1.75. The monoisotopic (exact) mass is 299 g/mol. The molecule has 0 atom stereocenters. The molecule has 0 radical (unpaired) electrons. The molecule has 0 fully saturated rings. The van der Waals surface area contributed by atoms with Gasteiger partial charge >= 0.3 is 0 Å². The molecule has 0 aliphatic heterocycles. The largest absolute Gasteiger partial charge is 0.395 e. The minimum Gasteiger partial charge on any atom is -0.395 e. The first kappa shape index (κ1) is 15.8. The van der Waals surface area contributed by atoms with Crippen LogP contribution in [0.3, 0.4) is 0 Å². The number of rotatable bonds is 6. The lowest BCUT2D eigenvalue weighted by molar-refractivity contribution is 0.305. The van der Waals surface area contributed by atoms with Gasteiger partial charge in [0.05, 0.1) is 6.61 Å². The summed E-state index contributed by atoms with van der Waals surface area (Å²) in [4.78, 5) is 3.63. The zero-order valence-electron chi connectivity index (χ0n) is 12.4. The molecule has 2 nitrogen and oxygen atoms in total. The Morgan fingerprint density at radius 2 is 2.00 bits per heavy atom. The van der Waals surface area contributed by atoms with E-state index >= 15 is 0 Å². The maximum Gasteiger partial charge on any atom is 0.0540 e. The van der Waals surface area contributed by atoms with Crippen LogP contribution in [0.25, 0.3) is 0 Å². The normalized spacial score (nSPS) is 10.4. The Bertz CT molecular complexity index is 594. The fourth-order valence-electron chi connectivity index (χ4n) is 2.08. The quantitative estimate of drug-likeness (QED) is 0.828. The molecular weight excluding hydrogens is 278 g/mol. The lowest BCUT2D eigenvalue weighted by atomic mass is 10.1. The molecule has 1 heterocycles. The molecule has 0 aliphatic rings. The number of hydrogen-bond donors (Lipinski definition) is 1. The SMILES string of the molecule is CN(CCc1ccccc1)Cc1sccc1C#CCCO. The predicted molar refractivity (Wildman–Crippen MR) is 89.4 cm³/mol. The molecule has 0 bridgehead atoms. The van der Waals surface area contributed by atoms with Crippen LogP contribution >= 0.6 is 11.3 Å². The average molecular weight is 299 g/mol. The highest BCUT2D eigenvalue weighted by molar-refractivity contribution is 7.10. The molecule has 0 aliphatic carbocycles. The molecule has 110 valence electrons. The van der Waals surface area contributed by atoms with Gasteiger partial charge in [0.2, 0.25) is 0 Å². The molecule has 2 aromatic rings. The molecular formula is C18H21NOS. The van der Waals surface area contributed by atoms with E-state index in [9.17, 15) is 0 Å². The zero-order valence-corrected chi connectivity index (χ0v) is 13.2. The molecule has 3 heteroatoms. The van der Waals surface area contributed by atoms with Gasteiger partial charge in [-0.15, -0.1) is 11.3 Å². The second kappa shape index (κ2) is 8.63. The Hall–Kier alpha value is -1.60. The van der Waals surface area contributed by atoms with Gasteiger partial charge in [0.1, 0.15) is 0 Å². The van der Waals surface area contributed by atoms with Crippen molar-refractivity contribution in [3.8, 4) is 11.8 Å². The molecule has 0 amide bonds. The van der Waals surface area contributed by atoms with Gasteiger partial charge in [-0.2, -0.15) is 0 Å². The van der Waals surface area contributed by atoms with Crippen molar-refractivity contribution < 1.29 is 5.11 Å². The van der Waals surface area contributed by atoms with Crippen LogP contribution in [0.2, 0.25) is 0 Å². The number of aliphatic hydroxyl groups is 1. The fraction of sp³-hybridized carbons (Fsp3) is 0.333. The topological polar surface area (TPSA) is 23.5 Å². The van der Waals surface area contributed by atoms with Crippen LogP contribution in [0, 0.1) is 11.8 Å². The fourth-order valence-corrected chi connectivity index (χ4v) is 2.99. The summed E-state index contributed by atoms with van der Waals surface area (Å²) in [6.07, 6.45) is 1.60. The highest BCUT2D eigenvalue weighted by Crippen LogP contribution is 2.17. The molecule has 21 heavy (non-hydrogen) atoms. The first-order chi connectivity index (χ1) is 10.3. The summed E-state index contributed by atoms with van der Waals surface area (Å²) in [5, 5.41) is 10.9. The molecule has 1 N–H and O–H groups in total. The van der Waals surface area contributed by atoms with E-state index in [2.05, 4.69) is 65.6 Å². The van der Waals surface area contributed by atoms with E-state index < -0.39 is 0 Å². The lowest BCUT2D eigenvalue weighted by Crippen LogP contribution is -2.20. The maximum absolute atomic E-state index is 8.78. The second-order valence-electron chi connectivity index (χ2n) is 5.01. The lowest BCUT2D eigenvalue weighted by Gasteiger charge is -2.16. The van der Waals surface area contributed by atoms with Crippen molar-refractivity contribution in [3.63, 3.8) is 0 Å². The van der Waals surface area contributed by atoms with Gasteiger partial charge in [-0.3, -0.25) is 0 Å². The summed E-state index contributed by atoms with van der Waals surface area (Å²) < 4.78 is 0. The van der Waals surface area contributed by atoms with E-state index in [1.165, 1.54) is 10.4 Å². The smallest absolute Gasteiger partial charge is 0.0540 e. The number of thiophene rings is 1. The minimum atomic E-state index is 0.128. The van der Waals surface area contributed by atoms with Gasteiger partial charge in [0, 0.05) is 30.0 Å². The molecule has 2 rings (SSSR count). The van der Waals surface area contributed by atoms with Gasteiger partial charge in [-0.05, 0) is 30.5 Å². The van der Waals surface area contributed by atoms with Crippen molar-refractivity contribution in [2.24, 2.45) is 0 Å². The van der Waals surface area contributed by atoms with Crippen LogP contribution in [0.15, 0.2) is 41.8 Å². The maximum atomic E-state index is 8.78. The summed E-state index contributed by atoms with van der Waals surface area (Å²) in [6.45, 7) is 2.09. The van der Waals surface area contributed by atoms with Crippen molar-refractivity contribution in [1.29, 1.82) is 0 Å². The Labute approximate surface area is 131 Å². The van der Waals surface area contributed by atoms with E-state index in [0.29, 0.717) is 6.42 Å². The van der Waals surface area contributed by atoms with E-state index in [4.69, 9.17) is 5.11 Å². The van der Waals surface area contributed by atoms with Crippen molar-refractivity contribution in [2.45, 2.75) is 19.4 Å². The number of aliphatic hydroxyl groups excluding tert-OH is 1. The Balaban J connectivity index is 1.87. The van der Waals surface area contributed by atoms with E-state index in [1.807, 2.05) is 0 Å². The molecule has 0 saturated carbocycles. The summed E-state index contributed by atoms with van der Waals surface area (Å²) in [5.74, 6) is 6.14. The Kier molecular flexibility index (Phi) is 6.49. The molecule has 1 aromatic carbocycles. The molecule has 1 aromatic heterocycles. The van der Waals surface area contributed by atoms with Crippen LogP contribution in [0.4, 0.5) is 0 Å². The number of hydrogen-bond acceptors (Lipinski definition) is 3. The number of nitrogens with zero attached hydrogens (tertiary/aromatic N) is 1. The third-order valence-corrected chi connectivity index (χ3v) is 4.15. The number of likely N-dealkylation sites (N-methyl/N-ethyl adjacent to an activating group) is 1. The van der Waals surface area contributed by atoms with Gasteiger partial charge in [-0.1, -0.05) is 42.2 Å². The van der Waals surface area contributed by atoms with E-state index in [-0.39, 0.29) is 6.61 Å². The summed E-state index contributed by atoms with van der Waals surface area (Å²) in [6, 6.07) is 12.6. The van der Waals surface area contributed by atoms with Crippen molar-refractivity contribution in [3.05, 3.63) is 57.8 Å². The Morgan fingerprint density at radius 1 is 1.19 bits per heavy atom. The van der Waals surface area contributed by atoms with Crippen LogP contribution < -0.4 is 0 Å². The summed E-state index contributed by atoms with van der Waals surface area (Å²) in [5.41, 5.74) is 2.47. The van der Waals surface area contributed by atoms with Crippen LogP contribution in [0.5, 0.6) is 0 Å². The first-order valence-electron chi connectivity index (χ1n) is 7.18. The van der Waals surface area contributed by atoms with Gasteiger partial charge in [0.25, 0.3) is 0 Å². The van der Waals surface area contributed by atoms with Crippen molar-refractivity contribution in [2.75, 3.05) is 20.2 Å². The number of benzene rings is 1. The zero-order chi connectivity index (χ0) is 14.9. The van der Waals surface area contributed by atoms with E-state index in [1.54, 1.807) is 11.3 Å². The molecule has 0 unspecified atom stereocenters. The highest BCUT2D eigenvalue weighted by atomic mass is 32.1. The third kappa shape index (κ3) is 5.35. The second-order valence-corrected chi connectivity index (χ2v) is 6.01. The van der Waals surface area contributed by atoms with Crippen LogP contribution in [0.1, 0.15) is 22.4 Å². The first-order valence-corrected chi connectivity index (χ1v) is 8.06. The van der Waals surface area contributed by atoms with Crippen LogP contribution in [-0.4, -0.2) is 30.2 Å². The average Bonchev–Trinajstić information content (AvgIpc) is 2.94. The van der Waals surface area contributed by atoms with E-state index in [0.717, 1.165) is 25.1 Å². The molecule has 0 spiro atoms. The van der Waals surface area contributed by atoms with Gasteiger partial charge in [0.15, 0.2) is 0 Å². The van der Waals surface area contributed by atoms with Crippen molar-refractivity contribution >= 4 is 11.3 Å². The third-order valence-electron chi connectivity index (χ3n) is 3.24. The molecule has 0 saturated heterocycles.